The maximum Gasteiger partial charge on any atom is 0.252 e. The van der Waals surface area contributed by atoms with Crippen molar-refractivity contribution in [1.29, 1.82) is 0 Å². The number of anilines is 1. The van der Waals surface area contributed by atoms with Crippen LogP contribution in [0.25, 0.3) is 0 Å². The fourth-order valence-corrected chi connectivity index (χ4v) is 8.25. The Balaban J connectivity index is 1.54. The molecule has 2 amide bonds. The van der Waals surface area contributed by atoms with Crippen molar-refractivity contribution in [3.8, 4) is 0 Å². The average Bonchev–Trinajstić information content (AvgIpc) is 3.38. The molecule has 1 saturated heterocycles. The van der Waals surface area contributed by atoms with Crippen LogP contribution in [0.1, 0.15) is 38.5 Å². The molecule has 148 valence electrons. The van der Waals surface area contributed by atoms with Crippen LogP contribution in [-0.4, -0.2) is 56.0 Å². The molecule has 0 bridgehead atoms. The lowest BCUT2D eigenvalue weighted by molar-refractivity contribution is -0.123. The third kappa shape index (κ3) is 3.90. The molecule has 1 aromatic heterocycles. The molecule has 4 rings (SSSR count). The van der Waals surface area contributed by atoms with Crippen LogP contribution >= 0.6 is 23.1 Å². The Morgan fingerprint density at radius 3 is 2.59 bits per heavy atom. The lowest BCUT2D eigenvalue weighted by atomic mass is 10.2. The standard InChI is InChI=1S/C17H23N3O4S3/c21-14(18-12-5-1-2-6-12)10-20-13-9-16(26-17(13)25-11-15(20)22)27(23,24)19-7-3-4-8-19/h9,12H,1-8,10-11H2,(H,18,21). The van der Waals surface area contributed by atoms with Gasteiger partial charge in [-0.25, -0.2) is 8.42 Å². The van der Waals surface area contributed by atoms with E-state index in [1.807, 2.05) is 0 Å². The number of carbonyl (C=O) groups excluding carboxylic acids is 2. The van der Waals surface area contributed by atoms with E-state index in [4.69, 9.17) is 0 Å². The summed E-state index contributed by atoms with van der Waals surface area (Å²) in [5.74, 6) is -0.104. The molecular formula is C17H23N3O4S3. The number of rotatable bonds is 5. The Kier molecular flexibility index (Phi) is 5.50. The lowest BCUT2D eigenvalue weighted by Gasteiger charge is -2.26. The normalized spacial score (nSPS) is 21.6. The summed E-state index contributed by atoms with van der Waals surface area (Å²) < 4.78 is 28.2. The molecule has 0 atom stereocenters. The molecule has 7 nitrogen and oxygen atoms in total. The monoisotopic (exact) mass is 429 g/mol. The van der Waals surface area contributed by atoms with Gasteiger partial charge >= 0.3 is 0 Å². The first-order valence-electron chi connectivity index (χ1n) is 9.31. The van der Waals surface area contributed by atoms with E-state index in [-0.39, 0.29) is 34.4 Å². The summed E-state index contributed by atoms with van der Waals surface area (Å²) in [6.07, 6.45) is 5.97. The van der Waals surface area contributed by atoms with Crippen LogP contribution in [-0.2, 0) is 19.6 Å². The number of thioether (sulfide) groups is 1. The summed E-state index contributed by atoms with van der Waals surface area (Å²) in [6.45, 7) is 1.04. The Morgan fingerprint density at radius 1 is 1.19 bits per heavy atom. The second-order valence-corrected chi connectivity index (χ2v) is 11.6. The van der Waals surface area contributed by atoms with Gasteiger partial charge in [-0.1, -0.05) is 12.8 Å². The molecule has 1 N–H and O–H groups in total. The minimum absolute atomic E-state index is 0.0527. The van der Waals surface area contributed by atoms with Crippen LogP contribution in [0.15, 0.2) is 14.5 Å². The average molecular weight is 430 g/mol. The van der Waals surface area contributed by atoms with Gasteiger partial charge in [0.05, 0.1) is 15.6 Å². The van der Waals surface area contributed by atoms with E-state index in [2.05, 4.69) is 5.32 Å². The van der Waals surface area contributed by atoms with Crippen molar-refractivity contribution in [1.82, 2.24) is 9.62 Å². The van der Waals surface area contributed by atoms with Crippen LogP contribution in [0.2, 0.25) is 0 Å². The number of fused-ring (bicyclic) bond motifs is 1. The van der Waals surface area contributed by atoms with Gasteiger partial charge in [-0.05, 0) is 31.7 Å². The van der Waals surface area contributed by atoms with Crippen LogP contribution in [0, 0.1) is 0 Å². The van der Waals surface area contributed by atoms with E-state index in [0.717, 1.165) is 42.7 Å². The number of carbonyl (C=O) groups is 2. The highest BCUT2D eigenvalue weighted by Crippen LogP contribution is 2.44. The van der Waals surface area contributed by atoms with Gasteiger partial charge in [0.2, 0.25) is 11.8 Å². The second kappa shape index (κ2) is 7.73. The molecule has 3 heterocycles. The Hall–Kier alpha value is -1.10. The third-order valence-electron chi connectivity index (χ3n) is 5.26. The minimum atomic E-state index is -3.52. The van der Waals surface area contributed by atoms with Gasteiger partial charge in [0.25, 0.3) is 10.0 Å². The zero-order chi connectivity index (χ0) is 19.0. The van der Waals surface area contributed by atoms with E-state index in [0.29, 0.717) is 18.8 Å². The summed E-state index contributed by atoms with van der Waals surface area (Å²) in [4.78, 5) is 26.3. The van der Waals surface area contributed by atoms with E-state index in [9.17, 15) is 18.0 Å². The van der Waals surface area contributed by atoms with Gasteiger partial charge in [0.1, 0.15) is 10.8 Å². The quantitative estimate of drug-likeness (QED) is 0.774. The van der Waals surface area contributed by atoms with Crippen molar-refractivity contribution in [3.05, 3.63) is 6.07 Å². The van der Waals surface area contributed by atoms with Gasteiger partial charge in [0, 0.05) is 19.1 Å². The van der Waals surface area contributed by atoms with E-state index >= 15 is 0 Å². The fourth-order valence-electron chi connectivity index (χ4n) is 3.82. The van der Waals surface area contributed by atoms with Crippen molar-refractivity contribution in [2.24, 2.45) is 0 Å². The number of sulfonamides is 1. The first-order valence-corrected chi connectivity index (χ1v) is 12.6. The molecule has 0 spiro atoms. The van der Waals surface area contributed by atoms with Crippen molar-refractivity contribution in [2.45, 2.75) is 53.0 Å². The topological polar surface area (TPSA) is 86.8 Å². The van der Waals surface area contributed by atoms with Gasteiger partial charge < -0.3 is 10.2 Å². The van der Waals surface area contributed by atoms with Gasteiger partial charge in [-0.15, -0.1) is 23.1 Å². The zero-order valence-corrected chi connectivity index (χ0v) is 17.4. The summed E-state index contributed by atoms with van der Waals surface area (Å²) in [5.41, 5.74) is 0.556. The fraction of sp³-hybridized carbons (Fsp3) is 0.647. The van der Waals surface area contributed by atoms with Gasteiger partial charge in [-0.2, -0.15) is 4.31 Å². The molecule has 3 aliphatic rings. The van der Waals surface area contributed by atoms with E-state index < -0.39 is 10.0 Å². The molecule has 2 fully saturated rings. The second-order valence-electron chi connectivity index (χ2n) is 7.17. The van der Waals surface area contributed by atoms with Crippen LogP contribution in [0.5, 0.6) is 0 Å². The first-order chi connectivity index (χ1) is 12.9. The maximum atomic E-state index is 12.8. The number of hydrogen-bond acceptors (Lipinski definition) is 6. The van der Waals surface area contributed by atoms with Crippen LogP contribution < -0.4 is 10.2 Å². The molecule has 2 aliphatic heterocycles. The molecule has 1 saturated carbocycles. The predicted octanol–water partition coefficient (Wildman–Crippen LogP) is 2.03. The molecule has 0 radical (unpaired) electrons. The maximum absolute atomic E-state index is 12.8. The Labute approximate surface area is 167 Å². The van der Waals surface area contributed by atoms with Crippen LogP contribution in [0.4, 0.5) is 5.69 Å². The third-order valence-corrected chi connectivity index (χ3v) is 9.99. The summed E-state index contributed by atoms with van der Waals surface area (Å²) >= 11 is 2.56. The highest BCUT2D eigenvalue weighted by Gasteiger charge is 2.34. The molecule has 1 aliphatic carbocycles. The summed E-state index contributed by atoms with van der Waals surface area (Å²) in [7, 11) is -3.52. The number of thiophene rings is 1. The molecule has 27 heavy (non-hydrogen) atoms. The summed E-state index contributed by atoms with van der Waals surface area (Å²) in [6, 6.07) is 1.76. The molecule has 0 unspecified atom stereocenters. The minimum Gasteiger partial charge on any atom is -0.352 e. The summed E-state index contributed by atoms with van der Waals surface area (Å²) in [5, 5.41) is 3.00. The van der Waals surface area contributed by atoms with Gasteiger partial charge in [0.15, 0.2) is 0 Å². The van der Waals surface area contributed by atoms with Crippen molar-refractivity contribution < 1.29 is 18.0 Å². The zero-order valence-electron chi connectivity index (χ0n) is 15.0. The van der Waals surface area contributed by atoms with Crippen LogP contribution in [0.3, 0.4) is 0 Å². The highest BCUT2D eigenvalue weighted by atomic mass is 32.3. The molecule has 0 aromatic carbocycles. The van der Waals surface area contributed by atoms with Crippen molar-refractivity contribution >= 4 is 50.6 Å². The van der Waals surface area contributed by atoms with Gasteiger partial charge in [-0.3, -0.25) is 9.59 Å². The number of nitrogens with one attached hydrogen (secondary N) is 1. The van der Waals surface area contributed by atoms with E-state index in [1.165, 1.54) is 32.3 Å². The highest BCUT2D eigenvalue weighted by molar-refractivity contribution is 8.02. The molecule has 10 heteroatoms. The molecule has 1 aromatic rings. The predicted molar refractivity (Wildman–Crippen MR) is 106 cm³/mol. The largest absolute Gasteiger partial charge is 0.352 e. The number of nitrogens with zero attached hydrogens (tertiary/aromatic N) is 2. The Bertz CT molecular complexity index is 840. The number of amides is 2. The van der Waals surface area contributed by atoms with Crippen molar-refractivity contribution in [2.75, 3.05) is 30.3 Å². The smallest absolute Gasteiger partial charge is 0.252 e. The van der Waals surface area contributed by atoms with E-state index in [1.54, 1.807) is 6.07 Å². The first kappa shape index (κ1) is 19.2. The molecular weight excluding hydrogens is 406 g/mol. The SMILES string of the molecule is O=C(CN1C(=O)CSc2sc(S(=O)(=O)N3CCCC3)cc21)NC1CCCC1. The Morgan fingerprint density at radius 2 is 1.89 bits per heavy atom. The lowest BCUT2D eigenvalue weighted by Crippen LogP contribution is -2.45. The number of hydrogen-bond donors (Lipinski definition) is 1. The van der Waals surface area contributed by atoms with Crippen molar-refractivity contribution in [3.63, 3.8) is 0 Å².